The van der Waals surface area contributed by atoms with E-state index in [0.717, 1.165) is 44.8 Å². The Kier molecular flexibility index (Phi) is 5.59. The van der Waals surface area contributed by atoms with Crippen molar-refractivity contribution in [2.24, 2.45) is 5.92 Å². The fourth-order valence-corrected chi connectivity index (χ4v) is 2.82. The first-order valence-corrected chi connectivity index (χ1v) is 7.98. The maximum atomic E-state index is 5.67. The summed E-state index contributed by atoms with van der Waals surface area (Å²) in [4.78, 5) is 6.89. The molecule has 1 fully saturated rings. The van der Waals surface area contributed by atoms with Crippen molar-refractivity contribution in [1.29, 1.82) is 0 Å². The number of nitrogens with one attached hydrogen (secondary N) is 1. The molecule has 1 atom stereocenters. The lowest BCUT2D eigenvalue weighted by Crippen LogP contribution is -2.47. The van der Waals surface area contributed by atoms with Crippen molar-refractivity contribution in [3.05, 3.63) is 23.9 Å². The van der Waals surface area contributed by atoms with E-state index >= 15 is 0 Å². The van der Waals surface area contributed by atoms with E-state index in [1.807, 2.05) is 13.3 Å². The molecule has 0 saturated carbocycles. The Hall–Kier alpha value is -1.13. The van der Waals surface area contributed by atoms with E-state index in [1.54, 1.807) is 0 Å². The summed E-state index contributed by atoms with van der Waals surface area (Å²) in [5.41, 5.74) is 1.25. The Balaban J connectivity index is 1.99. The first-order valence-electron chi connectivity index (χ1n) is 7.98. The van der Waals surface area contributed by atoms with Crippen LogP contribution in [0.2, 0.25) is 0 Å². The molecular weight excluding hydrogens is 262 g/mol. The third-order valence-electron chi connectivity index (χ3n) is 4.17. The van der Waals surface area contributed by atoms with E-state index in [4.69, 9.17) is 4.74 Å². The lowest BCUT2D eigenvalue weighted by molar-refractivity contribution is -0.00481. The van der Waals surface area contributed by atoms with Gasteiger partial charge in [-0.25, -0.2) is 4.98 Å². The number of anilines is 1. The Morgan fingerprint density at radius 3 is 3.00 bits per heavy atom. The summed E-state index contributed by atoms with van der Waals surface area (Å²) in [5.74, 6) is 1.75. The summed E-state index contributed by atoms with van der Waals surface area (Å²) in [6.07, 6.45) is 4.19. The predicted octanol–water partition coefficient (Wildman–Crippen LogP) is 2.83. The van der Waals surface area contributed by atoms with Gasteiger partial charge in [-0.15, -0.1) is 0 Å². The van der Waals surface area contributed by atoms with Gasteiger partial charge in [0.05, 0.1) is 5.60 Å². The smallest absolute Gasteiger partial charge is 0.128 e. The van der Waals surface area contributed by atoms with Gasteiger partial charge in [0.1, 0.15) is 5.82 Å². The van der Waals surface area contributed by atoms with Gasteiger partial charge in [0.25, 0.3) is 0 Å². The SMILES string of the molecule is COC1(C)CCCN(c2cc(CNCC(C)C)ccn2)C1. The third-order valence-corrected chi connectivity index (χ3v) is 4.17. The number of aromatic nitrogens is 1. The topological polar surface area (TPSA) is 37.4 Å². The molecule has 0 aromatic carbocycles. The summed E-state index contributed by atoms with van der Waals surface area (Å²) in [6, 6.07) is 4.30. The molecule has 0 amide bonds. The third kappa shape index (κ3) is 4.68. The van der Waals surface area contributed by atoms with Gasteiger partial charge in [-0.1, -0.05) is 13.8 Å². The van der Waals surface area contributed by atoms with Gasteiger partial charge in [0, 0.05) is 32.9 Å². The minimum Gasteiger partial charge on any atom is -0.377 e. The van der Waals surface area contributed by atoms with E-state index in [9.17, 15) is 0 Å². The molecule has 1 aromatic heterocycles. The van der Waals surface area contributed by atoms with Crippen LogP contribution >= 0.6 is 0 Å². The maximum absolute atomic E-state index is 5.67. The van der Waals surface area contributed by atoms with E-state index in [-0.39, 0.29) is 5.60 Å². The monoisotopic (exact) mass is 291 g/mol. The highest BCUT2D eigenvalue weighted by atomic mass is 16.5. The number of rotatable bonds is 6. The van der Waals surface area contributed by atoms with Gasteiger partial charge >= 0.3 is 0 Å². The molecule has 1 aromatic rings. The van der Waals surface area contributed by atoms with Crippen molar-refractivity contribution < 1.29 is 4.74 Å². The fourth-order valence-electron chi connectivity index (χ4n) is 2.82. The molecule has 1 aliphatic heterocycles. The van der Waals surface area contributed by atoms with Crippen molar-refractivity contribution in [2.45, 2.75) is 45.8 Å². The molecule has 118 valence electrons. The largest absolute Gasteiger partial charge is 0.377 e. The highest BCUT2D eigenvalue weighted by Gasteiger charge is 2.31. The van der Waals surface area contributed by atoms with Crippen LogP contribution in [0.25, 0.3) is 0 Å². The number of pyridine rings is 1. The fraction of sp³-hybridized carbons (Fsp3) is 0.706. The van der Waals surface area contributed by atoms with Crippen LogP contribution in [0.4, 0.5) is 5.82 Å². The molecule has 1 unspecified atom stereocenters. The summed E-state index contributed by atoms with van der Waals surface area (Å²) in [5, 5.41) is 3.49. The van der Waals surface area contributed by atoms with Gasteiger partial charge < -0.3 is 15.0 Å². The minimum atomic E-state index is -0.0498. The van der Waals surface area contributed by atoms with Gasteiger partial charge in [-0.3, -0.25) is 0 Å². The summed E-state index contributed by atoms with van der Waals surface area (Å²) in [6.45, 7) is 10.6. The second-order valence-corrected chi connectivity index (χ2v) is 6.73. The molecular formula is C17H29N3O. The Labute approximate surface area is 128 Å². The molecule has 4 heteroatoms. The van der Waals surface area contributed by atoms with E-state index in [1.165, 1.54) is 5.56 Å². The predicted molar refractivity (Wildman–Crippen MR) is 87.6 cm³/mol. The second kappa shape index (κ2) is 7.23. The highest BCUT2D eigenvalue weighted by Crippen LogP contribution is 2.27. The van der Waals surface area contributed by atoms with Crippen LogP contribution in [0.3, 0.4) is 0 Å². The molecule has 0 spiro atoms. The van der Waals surface area contributed by atoms with Crippen LogP contribution in [0.5, 0.6) is 0 Å². The summed E-state index contributed by atoms with van der Waals surface area (Å²) < 4.78 is 5.67. The number of hydrogen-bond acceptors (Lipinski definition) is 4. The van der Waals surface area contributed by atoms with Crippen LogP contribution in [0, 0.1) is 5.92 Å². The van der Waals surface area contributed by atoms with Gasteiger partial charge in [0.15, 0.2) is 0 Å². The zero-order valence-electron chi connectivity index (χ0n) is 13.9. The van der Waals surface area contributed by atoms with Crippen LogP contribution in [-0.4, -0.2) is 37.3 Å². The van der Waals surface area contributed by atoms with E-state index in [0.29, 0.717) is 5.92 Å². The van der Waals surface area contributed by atoms with Gasteiger partial charge in [0.2, 0.25) is 0 Å². The van der Waals surface area contributed by atoms with Crippen molar-refractivity contribution in [3.8, 4) is 0 Å². The molecule has 0 aliphatic carbocycles. The normalized spacial score (nSPS) is 22.8. The van der Waals surface area contributed by atoms with Crippen LogP contribution in [0.1, 0.15) is 39.2 Å². The zero-order chi connectivity index (χ0) is 15.3. The first kappa shape index (κ1) is 16.2. The number of hydrogen-bond donors (Lipinski definition) is 1. The second-order valence-electron chi connectivity index (χ2n) is 6.73. The van der Waals surface area contributed by atoms with E-state index < -0.39 is 0 Å². The Bertz CT molecular complexity index is 449. The molecule has 1 N–H and O–H groups in total. The average Bonchev–Trinajstić information content (AvgIpc) is 2.47. The van der Waals surface area contributed by atoms with Crippen molar-refractivity contribution >= 4 is 5.82 Å². The molecule has 0 radical (unpaired) electrons. The molecule has 2 heterocycles. The number of methoxy groups -OCH3 is 1. The lowest BCUT2D eigenvalue weighted by Gasteiger charge is -2.40. The molecule has 21 heavy (non-hydrogen) atoms. The van der Waals surface area contributed by atoms with Gasteiger partial charge in [-0.2, -0.15) is 0 Å². The quantitative estimate of drug-likeness (QED) is 0.874. The zero-order valence-corrected chi connectivity index (χ0v) is 13.9. The first-order chi connectivity index (χ1) is 10.0. The van der Waals surface area contributed by atoms with E-state index in [2.05, 4.69) is 48.1 Å². The minimum absolute atomic E-state index is 0.0498. The average molecular weight is 291 g/mol. The Morgan fingerprint density at radius 2 is 2.29 bits per heavy atom. The Morgan fingerprint density at radius 1 is 1.48 bits per heavy atom. The number of piperidine rings is 1. The number of ether oxygens (including phenoxy) is 1. The molecule has 1 aliphatic rings. The molecule has 2 rings (SSSR count). The van der Waals surface area contributed by atoms with Crippen LogP contribution < -0.4 is 10.2 Å². The van der Waals surface area contributed by atoms with Crippen molar-refractivity contribution in [3.63, 3.8) is 0 Å². The molecule has 1 saturated heterocycles. The van der Waals surface area contributed by atoms with Crippen molar-refractivity contribution in [1.82, 2.24) is 10.3 Å². The summed E-state index contributed by atoms with van der Waals surface area (Å²) in [7, 11) is 1.81. The highest BCUT2D eigenvalue weighted by molar-refractivity contribution is 5.42. The van der Waals surface area contributed by atoms with Crippen molar-refractivity contribution in [2.75, 3.05) is 31.6 Å². The van der Waals surface area contributed by atoms with Crippen LogP contribution in [-0.2, 0) is 11.3 Å². The molecule has 0 bridgehead atoms. The van der Waals surface area contributed by atoms with Gasteiger partial charge in [-0.05, 0) is 49.9 Å². The standard InChI is InChI=1S/C17H29N3O/c1-14(2)11-18-12-15-6-8-19-16(10-15)20-9-5-7-17(3,13-20)21-4/h6,8,10,14,18H,5,7,9,11-13H2,1-4H3. The molecule has 4 nitrogen and oxygen atoms in total. The summed E-state index contributed by atoms with van der Waals surface area (Å²) >= 11 is 0. The number of nitrogens with zero attached hydrogens (tertiary/aromatic N) is 2. The lowest BCUT2D eigenvalue weighted by atomic mass is 9.95. The van der Waals surface area contributed by atoms with Crippen LogP contribution in [0.15, 0.2) is 18.3 Å². The maximum Gasteiger partial charge on any atom is 0.128 e.